The molecular weight excluding hydrogens is 380 g/mol. The molecule has 0 saturated carbocycles. The fourth-order valence-electron chi connectivity index (χ4n) is 3.07. The van der Waals surface area contributed by atoms with Crippen LogP contribution in [0.4, 0.5) is 0 Å². The number of hydrogen-bond donors (Lipinski definition) is 0. The number of furan rings is 1. The molecule has 0 atom stereocenters. The Kier molecular flexibility index (Phi) is 5.12. The summed E-state index contributed by atoms with van der Waals surface area (Å²) in [6.07, 6.45) is 0.383. The van der Waals surface area contributed by atoms with Crippen LogP contribution in [-0.2, 0) is 18.4 Å². The number of rotatable bonds is 5. The van der Waals surface area contributed by atoms with Gasteiger partial charge in [-0.15, -0.1) is 11.3 Å². The van der Waals surface area contributed by atoms with E-state index in [2.05, 4.69) is 32.2 Å². The fraction of sp³-hybridized carbons (Fsp3) is 0.250. The number of thiazole rings is 1. The first-order valence-corrected chi connectivity index (χ1v) is 10.4. The van der Waals surface area contributed by atoms with Crippen molar-refractivity contribution >= 4 is 22.3 Å². The third-order valence-corrected chi connectivity index (χ3v) is 5.61. The summed E-state index contributed by atoms with van der Waals surface area (Å²) in [4.78, 5) is 4.74. The van der Waals surface area contributed by atoms with Crippen LogP contribution >= 0.6 is 11.3 Å². The predicted molar refractivity (Wildman–Crippen MR) is 116 cm³/mol. The van der Waals surface area contributed by atoms with Crippen molar-refractivity contribution in [1.29, 1.82) is 5.26 Å². The lowest BCUT2D eigenvalue weighted by molar-refractivity contribution is 0.305. The van der Waals surface area contributed by atoms with Crippen molar-refractivity contribution in [2.45, 2.75) is 39.2 Å². The van der Waals surface area contributed by atoms with Crippen molar-refractivity contribution in [3.63, 3.8) is 0 Å². The Morgan fingerprint density at radius 3 is 2.62 bits per heavy atom. The quantitative estimate of drug-likeness (QED) is 0.382. The number of benzene rings is 2. The summed E-state index contributed by atoms with van der Waals surface area (Å²) in [5.41, 5.74) is 3.92. The Balaban J connectivity index is 1.55. The van der Waals surface area contributed by atoms with Gasteiger partial charge in [0.2, 0.25) is 0 Å². The molecule has 0 spiro atoms. The van der Waals surface area contributed by atoms with Crippen molar-refractivity contribution in [3.05, 3.63) is 70.7 Å². The van der Waals surface area contributed by atoms with Crippen molar-refractivity contribution in [3.8, 4) is 22.6 Å². The summed E-state index contributed by atoms with van der Waals surface area (Å²) in [7, 11) is 0. The maximum atomic E-state index is 8.98. The smallest absolute Gasteiger partial charge is 0.164 e. The van der Waals surface area contributed by atoms with E-state index in [1.165, 1.54) is 0 Å². The van der Waals surface area contributed by atoms with Gasteiger partial charge >= 0.3 is 0 Å². The largest absolute Gasteiger partial charge is 0.489 e. The summed E-state index contributed by atoms with van der Waals surface area (Å²) in [6.45, 7) is 6.89. The highest BCUT2D eigenvalue weighted by molar-refractivity contribution is 7.13. The van der Waals surface area contributed by atoms with Crippen LogP contribution in [0.1, 0.15) is 37.6 Å². The molecule has 0 bridgehead atoms. The minimum Gasteiger partial charge on any atom is -0.489 e. The van der Waals surface area contributed by atoms with Crippen LogP contribution in [-0.4, -0.2) is 4.98 Å². The molecule has 0 fully saturated rings. The van der Waals surface area contributed by atoms with E-state index in [0.29, 0.717) is 13.0 Å². The van der Waals surface area contributed by atoms with Crippen LogP contribution < -0.4 is 4.74 Å². The van der Waals surface area contributed by atoms with Gasteiger partial charge in [0.25, 0.3) is 0 Å². The van der Waals surface area contributed by atoms with Crippen LogP contribution in [0.15, 0.2) is 58.3 Å². The normalized spacial score (nSPS) is 11.5. The maximum Gasteiger partial charge on any atom is 0.164 e. The summed E-state index contributed by atoms with van der Waals surface area (Å²) in [6, 6.07) is 17.9. The molecule has 29 heavy (non-hydrogen) atoms. The van der Waals surface area contributed by atoms with E-state index in [1.54, 1.807) is 11.3 Å². The van der Waals surface area contributed by atoms with Crippen LogP contribution in [0.3, 0.4) is 0 Å². The average molecular weight is 403 g/mol. The van der Waals surface area contributed by atoms with Crippen molar-refractivity contribution in [2.75, 3.05) is 0 Å². The van der Waals surface area contributed by atoms with Gasteiger partial charge in [0.05, 0.1) is 18.2 Å². The van der Waals surface area contributed by atoms with E-state index in [1.807, 2.05) is 48.5 Å². The van der Waals surface area contributed by atoms with Gasteiger partial charge in [0.15, 0.2) is 10.8 Å². The Morgan fingerprint density at radius 2 is 1.90 bits per heavy atom. The summed E-state index contributed by atoms with van der Waals surface area (Å²) >= 11 is 1.60. The molecule has 0 saturated heterocycles. The summed E-state index contributed by atoms with van der Waals surface area (Å²) < 4.78 is 12.0. The topological polar surface area (TPSA) is 59.0 Å². The monoisotopic (exact) mass is 402 g/mol. The molecule has 0 aliphatic carbocycles. The fourth-order valence-corrected chi connectivity index (χ4v) is 4.06. The molecule has 2 aromatic heterocycles. The van der Waals surface area contributed by atoms with Gasteiger partial charge in [-0.2, -0.15) is 5.26 Å². The third-order valence-electron chi connectivity index (χ3n) is 4.75. The molecule has 0 aliphatic heterocycles. The second-order valence-corrected chi connectivity index (χ2v) is 8.85. The van der Waals surface area contributed by atoms with Crippen LogP contribution in [0.25, 0.3) is 21.7 Å². The van der Waals surface area contributed by atoms with Crippen molar-refractivity contribution in [2.24, 2.45) is 0 Å². The lowest BCUT2D eigenvalue weighted by atomic mass is 9.93. The Morgan fingerprint density at radius 1 is 1.10 bits per heavy atom. The van der Waals surface area contributed by atoms with E-state index < -0.39 is 0 Å². The summed E-state index contributed by atoms with van der Waals surface area (Å²) in [5, 5.41) is 12.9. The van der Waals surface area contributed by atoms with E-state index in [9.17, 15) is 0 Å². The van der Waals surface area contributed by atoms with E-state index in [4.69, 9.17) is 19.4 Å². The van der Waals surface area contributed by atoms with E-state index in [-0.39, 0.29) is 5.41 Å². The molecule has 0 N–H and O–H groups in total. The SMILES string of the molecule is CC(C)(C)c1csc(-c2cc3cc(OCc4ccccc4CC#N)ccc3o2)n1. The first-order chi connectivity index (χ1) is 13.9. The second-order valence-electron chi connectivity index (χ2n) is 7.99. The number of nitriles is 1. The average Bonchev–Trinajstić information content (AvgIpc) is 3.34. The number of hydrogen-bond acceptors (Lipinski definition) is 5. The van der Waals surface area contributed by atoms with Gasteiger partial charge in [0.1, 0.15) is 17.9 Å². The Hall–Kier alpha value is -3.10. The van der Waals surface area contributed by atoms with Gasteiger partial charge in [-0.25, -0.2) is 4.98 Å². The zero-order chi connectivity index (χ0) is 20.4. The van der Waals surface area contributed by atoms with Crippen LogP contribution in [0.5, 0.6) is 5.75 Å². The molecule has 5 heteroatoms. The predicted octanol–water partition coefficient (Wildman–Crippen LogP) is 6.50. The minimum atomic E-state index is 0.0175. The van der Waals surface area contributed by atoms with Crippen LogP contribution in [0, 0.1) is 11.3 Å². The highest BCUT2D eigenvalue weighted by Gasteiger charge is 2.19. The number of ether oxygens (including phenoxy) is 1. The number of nitrogens with zero attached hydrogens (tertiary/aromatic N) is 2. The molecule has 2 heterocycles. The van der Waals surface area contributed by atoms with Gasteiger partial charge in [-0.1, -0.05) is 45.0 Å². The Labute approximate surface area is 174 Å². The van der Waals surface area contributed by atoms with Crippen LogP contribution in [0.2, 0.25) is 0 Å². The van der Waals surface area contributed by atoms with Gasteiger partial charge in [0, 0.05) is 16.2 Å². The molecule has 0 unspecified atom stereocenters. The van der Waals surface area contributed by atoms with Gasteiger partial charge in [-0.05, 0) is 35.4 Å². The molecule has 4 aromatic rings. The minimum absolute atomic E-state index is 0.0175. The molecule has 4 nitrogen and oxygen atoms in total. The third kappa shape index (κ3) is 4.18. The first kappa shape index (κ1) is 19.2. The highest BCUT2D eigenvalue weighted by Crippen LogP contribution is 2.34. The van der Waals surface area contributed by atoms with Crippen molar-refractivity contribution in [1.82, 2.24) is 4.98 Å². The maximum absolute atomic E-state index is 8.98. The molecule has 0 amide bonds. The molecule has 146 valence electrons. The zero-order valence-corrected chi connectivity index (χ0v) is 17.5. The van der Waals surface area contributed by atoms with Crippen molar-refractivity contribution < 1.29 is 9.15 Å². The molecule has 0 aliphatic rings. The second kappa shape index (κ2) is 7.73. The molecule has 2 aromatic carbocycles. The number of aromatic nitrogens is 1. The van der Waals surface area contributed by atoms with Gasteiger partial charge in [-0.3, -0.25) is 0 Å². The Bertz CT molecular complexity index is 1190. The van der Waals surface area contributed by atoms with E-state index in [0.717, 1.165) is 44.3 Å². The standard InChI is InChI=1S/C24H22N2O2S/c1-24(2,3)22-15-29-23(26-22)21-13-18-12-19(8-9-20(18)28-21)27-14-17-7-5-4-6-16(17)10-11-25/h4-9,12-13,15H,10,14H2,1-3H3. The lowest BCUT2D eigenvalue weighted by Gasteiger charge is -2.13. The first-order valence-electron chi connectivity index (χ1n) is 9.50. The van der Waals surface area contributed by atoms with E-state index >= 15 is 0 Å². The van der Waals surface area contributed by atoms with Gasteiger partial charge < -0.3 is 9.15 Å². The highest BCUT2D eigenvalue weighted by atomic mass is 32.1. The lowest BCUT2D eigenvalue weighted by Crippen LogP contribution is -2.11. The molecular formula is C24H22N2O2S. The zero-order valence-electron chi connectivity index (χ0n) is 16.7. The summed E-state index contributed by atoms with van der Waals surface area (Å²) in [5.74, 6) is 1.54. The molecule has 4 rings (SSSR count). The molecule has 0 radical (unpaired) electrons. The number of fused-ring (bicyclic) bond motifs is 1.